The van der Waals surface area contributed by atoms with Crippen LogP contribution in [0.5, 0.6) is 0 Å². The average molecular weight is 996 g/mol. The summed E-state index contributed by atoms with van der Waals surface area (Å²) in [5.74, 6) is 0. The average Bonchev–Trinajstić information content (AvgIpc) is 3.31. The van der Waals surface area contributed by atoms with E-state index < -0.39 is 0 Å². The van der Waals surface area contributed by atoms with Gasteiger partial charge in [-0.3, -0.25) is 0 Å². The van der Waals surface area contributed by atoms with Crippen LogP contribution in [0.1, 0.15) is 67.1 Å². The second kappa shape index (κ2) is 26.2. The van der Waals surface area contributed by atoms with Gasteiger partial charge in [-0.1, -0.05) is 243 Å². The Hall–Kier alpha value is -3.83. The molecule has 0 saturated heterocycles. The maximum Gasteiger partial charge on any atom is 0.0234 e. The summed E-state index contributed by atoms with van der Waals surface area (Å²) in [4.78, 5) is 0. The molecule has 0 N–H and O–H groups in total. The van der Waals surface area contributed by atoms with Gasteiger partial charge in [0.2, 0.25) is 0 Å². The molecule has 0 amide bonds. The van der Waals surface area contributed by atoms with Crippen LogP contribution in [-0.4, -0.2) is 0 Å². The smallest absolute Gasteiger partial charge is 0.0234 e. The standard InChI is InChI=1S/4C13H13P.Pt/c4*14-13(11-7-3-1-4-8-11)12-9-5-2-6-10-12;/h4*1-10,13H,14H2;. The van der Waals surface area contributed by atoms with Gasteiger partial charge in [-0.15, -0.1) is 37.0 Å². The van der Waals surface area contributed by atoms with E-state index in [4.69, 9.17) is 0 Å². The summed E-state index contributed by atoms with van der Waals surface area (Å²) in [5, 5.41) is 0. The fraction of sp³-hybridized carbons (Fsp3) is 0.0769. The first-order valence-corrected chi connectivity index (χ1v) is 21.6. The summed E-state index contributed by atoms with van der Waals surface area (Å²) in [6, 6.07) is 84.2. The van der Waals surface area contributed by atoms with E-state index in [9.17, 15) is 0 Å². The molecule has 8 rings (SSSR count). The molecule has 0 bridgehead atoms. The van der Waals surface area contributed by atoms with E-state index in [1.165, 1.54) is 44.5 Å². The first-order valence-electron chi connectivity index (χ1n) is 18.9. The van der Waals surface area contributed by atoms with Gasteiger partial charge in [0.15, 0.2) is 0 Å². The third kappa shape index (κ3) is 15.5. The molecule has 0 aromatic heterocycles. The van der Waals surface area contributed by atoms with Gasteiger partial charge in [-0.2, -0.15) is 0 Å². The van der Waals surface area contributed by atoms with Gasteiger partial charge in [0, 0.05) is 43.7 Å². The molecular weight excluding hydrogens is 944 g/mol. The van der Waals surface area contributed by atoms with Gasteiger partial charge in [0.1, 0.15) is 0 Å². The van der Waals surface area contributed by atoms with Crippen molar-refractivity contribution in [1.82, 2.24) is 0 Å². The van der Waals surface area contributed by atoms with Crippen LogP contribution in [0.3, 0.4) is 0 Å². The first kappa shape index (κ1) is 45.9. The molecular formula is C52H52P4Pt. The van der Waals surface area contributed by atoms with Gasteiger partial charge >= 0.3 is 0 Å². The number of hydrogen-bond acceptors (Lipinski definition) is 0. The molecule has 0 radical (unpaired) electrons. The molecule has 0 spiro atoms. The molecule has 0 nitrogen and oxygen atoms in total. The Morgan fingerprint density at radius 3 is 0.351 bits per heavy atom. The molecule has 5 heteroatoms. The summed E-state index contributed by atoms with van der Waals surface area (Å²) in [7, 11) is 11.5. The molecule has 290 valence electrons. The van der Waals surface area contributed by atoms with Crippen molar-refractivity contribution in [1.29, 1.82) is 0 Å². The Morgan fingerprint density at radius 2 is 0.263 bits per heavy atom. The zero-order valence-corrected chi connectivity index (χ0v) is 38.9. The largest absolute Gasteiger partial charge is 0.125 e. The minimum Gasteiger partial charge on any atom is -0.125 e. The Bertz CT molecular complexity index is 1700. The zero-order chi connectivity index (χ0) is 39.2. The van der Waals surface area contributed by atoms with Gasteiger partial charge in [-0.25, -0.2) is 0 Å². The van der Waals surface area contributed by atoms with Gasteiger partial charge in [0.05, 0.1) is 0 Å². The van der Waals surface area contributed by atoms with E-state index in [1.54, 1.807) is 0 Å². The Kier molecular flexibility index (Phi) is 21.1. The van der Waals surface area contributed by atoms with Crippen molar-refractivity contribution in [2.24, 2.45) is 0 Å². The van der Waals surface area contributed by atoms with E-state index in [-0.39, 0.29) is 21.1 Å². The van der Waals surface area contributed by atoms with Gasteiger partial charge in [-0.05, 0) is 44.5 Å². The normalized spacial score (nSPS) is 10.2. The summed E-state index contributed by atoms with van der Waals surface area (Å²) in [5.41, 5.74) is 12.3. The second-order valence-corrected chi connectivity index (χ2v) is 15.9. The van der Waals surface area contributed by atoms with E-state index in [0.29, 0.717) is 22.6 Å². The molecule has 57 heavy (non-hydrogen) atoms. The van der Waals surface area contributed by atoms with Crippen molar-refractivity contribution >= 4 is 37.0 Å². The summed E-state index contributed by atoms with van der Waals surface area (Å²) in [6.45, 7) is 0. The maximum absolute atomic E-state index is 2.89. The fourth-order valence-electron chi connectivity index (χ4n) is 6.05. The number of benzene rings is 8. The van der Waals surface area contributed by atoms with Crippen molar-refractivity contribution in [2.75, 3.05) is 0 Å². The number of rotatable bonds is 8. The minimum absolute atomic E-state index is 0. The molecule has 4 atom stereocenters. The SMILES string of the molecule is PC(c1ccccc1)c1ccccc1.PC(c1ccccc1)c1ccccc1.PC(c1ccccc1)c1ccccc1.PC(c1ccccc1)c1ccccc1.[Pt]. The molecule has 0 aliphatic rings. The van der Waals surface area contributed by atoms with E-state index in [1.807, 2.05) is 48.5 Å². The molecule has 0 saturated carbocycles. The molecule has 0 fully saturated rings. The van der Waals surface area contributed by atoms with E-state index >= 15 is 0 Å². The second-order valence-electron chi connectivity index (χ2n) is 13.2. The Morgan fingerprint density at radius 1 is 0.175 bits per heavy atom. The summed E-state index contributed by atoms with van der Waals surface area (Å²) in [6.07, 6.45) is 0. The van der Waals surface area contributed by atoms with Crippen molar-refractivity contribution < 1.29 is 21.1 Å². The topological polar surface area (TPSA) is 0 Å². The molecule has 4 unspecified atom stereocenters. The Labute approximate surface area is 365 Å². The van der Waals surface area contributed by atoms with Crippen molar-refractivity contribution in [3.05, 3.63) is 287 Å². The predicted molar refractivity (Wildman–Crippen MR) is 258 cm³/mol. The molecule has 0 heterocycles. The van der Waals surface area contributed by atoms with Crippen LogP contribution in [0.2, 0.25) is 0 Å². The molecule has 0 aliphatic carbocycles. The minimum atomic E-state index is 0. The number of hydrogen-bond donors (Lipinski definition) is 0. The van der Waals surface area contributed by atoms with Crippen LogP contribution in [0.4, 0.5) is 0 Å². The first-order chi connectivity index (χ1) is 27.5. The molecule has 0 aliphatic heterocycles. The van der Waals surface area contributed by atoms with E-state index in [2.05, 4.69) is 231 Å². The quantitative estimate of drug-likeness (QED) is 0.133. The van der Waals surface area contributed by atoms with Crippen LogP contribution in [0.15, 0.2) is 243 Å². The van der Waals surface area contributed by atoms with Crippen LogP contribution in [0.25, 0.3) is 0 Å². The molecule has 8 aromatic rings. The fourth-order valence-corrected chi connectivity index (χ4v) is 7.83. The predicted octanol–water partition coefficient (Wildman–Crippen LogP) is 14.6. The monoisotopic (exact) mass is 995 g/mol. The summed E-state index contributed by atoms with van der Waals surface area (Å²) < 4.78 is 0. The maximum atomic E-state index is 2.89. The third-order valence-electron chi connectivity index (χ3n) is 9.27. The van der Waals surface area contributed by atoms with E-state index in [0.717, 1.165) is 0 Å². The third-order valence-corrected chi connectivity index (χ3v) is 12.3. The van der Waals surface area contributed by atoms with Crippen LogP contribution >= 0.6 is 37.0 Å². The van der Waals surface area contributed by atoms with Crippen molar-refractivity contribution in [2.45, 2.75) is 22.6 Å². The van der Waals surface area contributed by atoms with Crippen molar-refractivity contribution in [3.63, 3.8) is 0 Å². The molecule has 8 aromatic carbocycles. The zero-order valence-electron chi connectivity index (χ0n) is 32.0. The van der Waals surface area contributed by atoms with Crippen molar-refractivity contribution in [3.8, 4) is 0 Å². The summed E-state index contributed by atoms with van der Waals surface area (Å²) >= 11 is 0. The van der Waals surface area contributed by atoms with Gasteiger partial charge in [0.25, 0.3) is 0 Å². The Balaban J connectivity index is 0.000000167. The van der Waals surface area contributed by atoms with Crippen LogP contribution in [0, 0.1) is 0 Å². The van der Waals surface area contributed by atoms with Gasteiger partial charge < -0.3 is 0 Å². The van der Waals surface area contributed by atoms with Crippen LogP contribution in [-0.2, 0) is 21.1 Å². The van der Waals surface area contributed by atoms with Crippen LogP contribution < -0.4 is 0 Å².